The standard InChI is InChI=1S/C12H12N2O/c13-6-8-1-2-9-10-7-15-4-3-11(10)14-12(9)5-8/h1-2,5,10-11,14H,3-4,7H2. The Bertz CT molecular complexity index is 436. The van der Waals surface area contributed by atoms with E-state index in [2.05, 4.69) is 17.5 Å². The molecule has 3 rings (SSSR count). The van der Waals surface area contributed by atoms with Crippen LogP contribution in [0.5, 0.6) is 0 Å². The summed E-state index contributed by atoms with van der Waals surface area (Å²) >= 11 is 0. The van der Waals surface area contributed by atoms with Crippen LogP contribution in [-0.4, -0.2) is 19.3 Å². The van der Waals surface area contributed by atoms with E-state index in [1.54, 1.807) is 0 Å². The first-order valence-corrected chi connectivity index (χ1v) is 5.27. The first-order valence-electron chi connectivity index (χ1n) is 5.27. The van der Waals surface area contributed by atoms with Crippen LogP contribution in [0, 0.1) is 11.3 Å². The summed E-state index contributed by atoms with van der Waals surface area (Å²) in [5, 5.41) is 12.3. The van der Waals surface area contributed by atoms with Gasteiger partial charge >= 0.3 is 0 Å². The van der Waals surface area contributed by atoms with E-state index in [1.807, 2.05) is 12.1 Å². The summed E-state index contributed by atoms with van der Waals surface area (Å²) in [5.41, 5.74) is 3.15. The molecule has 1 N–H and O–H groups in total. The Morgan fingerprint density at radius 2 is 2.40 bits per heavy atom. The summed E-state index contributed by atoms with van der Waals surface area (Å²) in [7, 11) is 0. The zero-order valence-corrected chi connectivity index (χ0v) is 8.36. The topological polar surface area (TPSA) is 45.0 Å². The monoisotopic (exact) mass is 200 g/mol. The lowest BCUT2D eigenvalue weighted by atomic mass is 9.92. The van der Waals surface area contributed by atoms with Crippen molar-refractivity contribution in [1.82, 2.24) is 0 Å². The Balaban J connectivity index is 2.01. The SMILES string of the molecule is N#Cc1ccc2c(c1)NC1CCOCC21. The van der Waals surface area contributed by atoms with Crippen LogP contribution in [0.3, 0.4) is 0 Å². The second-order valence-corrected chi connectivity index (χ2v) is 4.13. The molecule has 3 nitrogen and oxygen atoms in total. The molecular formula is C12H12N2O. The number of benzene rings is 1. The predicted molar refractivity (Wildman–Crippen MR) is 56.7 cm³/mol. The minimum atomic E-state index is 0.474. The summed E-state index contributed by atoms with van der Waals surface area (Å²) in [6.07, 6.45) is 1.06. The average Bonchev–Trinajstić information content (AvgIpc) is 2.66. The van der Waals surface area contributed by atoms with Gasteiger partial charge in [-0.25, -0.2) is 0 Å². The van der Waals surface area contributed by atoms with Crippen molar-refractivity contribution in [3.63, 3.8) is 0 Å². The van der Waals surface area contributed by atoms with Crippen LogP contribution in [0.1, 0.15) is 23.5 Å². The third-order valence-electron chi connectivity index (χ3n) is 3.28. The van der Waals surface area contributed by atoms with Crippen LogP contribution in [0.25, 0.3) is 0 Å². The van der Waals surface area contributed by atoms with Gasteiger partial charge in [-0.15, -0.1) is 0 Å². The third kappa shape index (κ3) is 1.30. The van der Waals surface area contributed by atoms with Gasteiger partial charge in [0, 0.05) is 24.3 Å². The summed E-state index contributed by atoms with van der Waals surface area (Å²) < 4.78 is 5.49. The summed E-state index contributed by atoms with van der Waals surface area (Å²) in [6, 6.07) is 8.55. The van der Waals surface area contributed by atoms with Gasteiger partial charge in [-0.1, -0.05) is 6.07 Å². The molecule has 0 spiro atoms. The summed E-state index contributed by atoms with van der Waals surface area (Å²) in [4.78, 5) is 0. The molecule has 2 heterocycles. The van der Waals surface area contributed by atoms with E-state index in [-0.39, 0.29) is 0 Å². The maximum Gasteiger partial charge on any atom is 0.0992 e. The lowest BCUT2D eigenvalue weighted by Gasteiger charge is -2.25. The molecule has 2 unspecified atom stereocenters. The number of nitriles is 1. The van der Waals surface area contributed by atoms with Gasteiger partial charge in [0.2, 0.25) is 0 Å². The summed E-state index contributed by atoms with van der Waals surface area (Å²) in [5.74, 6) is 0.474. The van der Waals surface area contributed by atoms with Crippen molar-refractivity contribution in [3.8, 4) is 6.07 Å². The number of nitrogens with zero attached hydrogens (tertiary/aromatic N) is 1. The van der Waals surface area contributed by atoms with E-state index < -0.39 is 0 Å². The van der Waals surface area contributed by atoms with Gasteiger partial charge in [0.1, 0.15) is 0 Å². The average molecular weight is 200 g/mol. The molecule has 15 heavy (non-hydrogen) atoms. The number of hydrogen-bond acceptors (Lipinski definition) is 3. The molecule has 0 amide bonds. The molecule has 76 valence electrons. The minimum Gasteiger partial charge on any atom is -0.381 e. The van der Waals surface area contributed by atoms with Crippen molar-refractivity contribution < 1.29 is 4.74 Å². The molecule has 1 aromatic carbocycles. The van der Waals surface area contributed by atoms with Gasteiger partial charge < -0.3 is 10.1 Å². The first kappa shape index (κ1) is 8.75. The van der Waals surface area contributed by atoms with Crippen LogP contribution in [-0.2, 0) is 4.74 Å². The van der Waals surface area contributed by atoms with Crippen molar-refractivity contribution in [2.75, 3.05) is 18.5 Å². The molecule has 1 saturated heterocycles. The molecule has 0 aromatic heterocycles. The second kappa shape index (κ2) is 3.25. The Kier molecular flexibility index (Phi) is 1.90. The maximum atomic E-state index is 8.82. The number of rotatable bonds is 0. The molecule has 0 bridgehead atoms. The van der Waals surface area contributed by atoms with E-state index >= 15 is 0 Å². The highest BCUT2D eigenvalue weighted by Gasteiger charge is 2.34. The quantitative estimate of drug-likeness (QED) is 0.695. The van der Waals surface area contributed by atoms with Crippen molar-refractivity contribution in [2.24, 2.45) is 0 Å². The van der Waals surface area contributed by atoms with Gasteiger partial charge in [-0.2, -0.15) is 5.26 Å². The maximum absolute atomic E-state index is 8.82. The Morgan fingerprint density at radius 3 is 3.27 bits per heavy atom. The van der Waals surface area contributed by atoms with Crippen molar-refractivity contribution in [1.29, 1.82) is 5.26 Å². The van der Waals surface area contributed by atoms with Crippen LogP contribution < -0.4 is 5.32 Å². The fourth-order valence-electron chi connectivity index (χ4n) is 2.49. The lowest BCUT2D eigenvalue weighted by Crippen LogP contribution is -2.30. The Hall–Kier alpha value is -1.53. The van der Waals surface area contributed by atoms with E-state index in [0.29, 0.717) is 12.0 Å². The van der Waals surface area contributed by atoms with Gasteiger partial charge in [0.25, 0.3) is 0 Å². The molecule has 0 saturated carbocycles. The second-order valence-electron chi connectivity index (χ2n) is 4.13. The molecule has 2 aliphatic heterocycles. The van der Waals surface area contributed by atoms with E-state index in [0.717, 1.165) is 30.9 Å². The minimum absolute atomic E-state index is 0.474. The number of anilines is 1. The van der Waals surface area contributed by atoms with E-state index in [4.69, 9.17) is 10.00 Å². The van der Waals surface area contributed by atoms with Crippen molar-refractivity contribution in [2.45, 2.75) is 18.4 Å². The first-order chi connectivity index (χ1) is 7.38. The molecular weight excluding hydrogens is 188 g/mol. The molecule has 3 heteroatoms. The van der Waals surface area contributed by atoms with Crippen LogP contribution in [0.15, 0.2) is 18.2 Å². The third-order valence-corrected chi connectivity index (χ3v) is 3.28. The molecule has 0 radical (unpaired) electrons. The molecule has 2 aliphatic rings. The van der Waals surface area contributed by atoms with Crippen LogP contribution >= 0.6 is 0 Å². The number of fused-ring (bicyclic) bond motifs is 3. The Labute approximate surface area is 88.7 Å². The number of ether oxygens (including phenoxy) is 1. The zero-order chi connectivity index (χ0) is 10.3. The highest BCUT2D eigenvalue weighted by Crippen LogP contribution is 2.39. The molecule has 2 atom stereocenters. The van der Waals surface area contributed by atoms with Gasteiger partial charge in [0.15, 0.2) is 0 Å². The van der Waals surface area contributed by atoms with Crippen LogP contribution in [0.2, 0.25) is 0 Å². The van der Waals surface area contributed by atoms with Crippen LogP contribution in [0.4, 0.5) is 5.69 Å². The highest BCUT2D eigenvalue weighted by atomic mass is 16.5. The molecule has 1 aromatic rings. The summed E-state index contributed by atoms with van der Waals surface area (Å²) in [6.45, 7) is 1.64. The van der Waals surface area contributed by atoms with Crippen molar-refractivity contribution >= 4 is 5.69 Å². The highest BCUT2D eigenvalue weighted by molar-refractivity contribution is 5.62. The molecule has 0 aliphatic carbocycles. The molecule has 1 fully saturated rings. The smallest absolute Gasteiger partial charge is 0.0992 e. The number of hydrogen-bond donors (Lipinski definition) is 1. The fourth-order valence-corrected chi connectivity index (χ4v) is 2.49. The zero-order valence-electron chi connectivity index (χ0n) is 8.36. The lowest BCUT2D eigenvalue weighted by molar-refractivity contribution is 0.0769. The van der Waals surface area contributed by atoms with Gasteiger partial charge in [-0.05, 0) is 24.1 Å². The van der Waals surface area contributed by atoms with Gasteiger partial charge in [-0.3, -0.25) is 0 Å². The fraction of sp³-hybridized carbons (Fsp3) is 0.417. The normalized spacial score (nSPS) is 27.4. The van der Waals surface area contributed by atoms with E-state index in [9.17, 15) is 0 Å². The van der Waals surface area contributed by atoms with E-state index in [1.165, 1.54) is 5.56 Å². The van der Waals surface area contributed by atoms with Gasteiger partial charge in [0.05, 0.1) is 18.2 Å². The predicted octanol–water partition coefficient (Wildman–Crippen LogP) is 1.86. The largest absolute Gasteiger partial charge is 0.381 e. The number of nitrogens with one attached hydrogen (secondary N) is 1. The Morgan fingerprint density at radius 1 is 1.47 bits per heavy atom. The van der Waals surface area contributed by atoms with Crippen molar-refractivity contribution in [3.05, 3.63) is 29.3 Å².